The number of ketones is 2. The zero-order chi connectivity index (χ0) is 26.7. The van der Waals surface area contributed by atoms with Crippen molar-refractivity contribution >= 4 is 35.4 Å². The van der Waals surface area contributed by atoms with Crippen LogP contribution in [-0.2, 0) is 38.2 Å². The van der Waals surface area contributed by atoms with Crippen molar-refractivity contribution in [3.05, 3.63) is 0 Å². The van der Waals surface area contributed by atoms with Gasteiger partial charge in [0.1, 0.15) is 5.78 Å². The molecule has 0 aliphatic rings. The van der Waals surface area contributed by atoms with Crippen LogP contribution in [0.5, 0.6) is 0 Å². The van der Waals surface area contributed by atoms with Gasteiger partial charge < -0.3 is 19.9 Å². The Bertz CT molecular complexity index is 644. The molecule has 0 bridgehead atoms. The molecule has 0 aliphatic carbocycles. The Balaban J connectivity index is -0.000000465. The van der Waals surface area contributed by atoms with Gasteiger partial charge in [0.2, 0.25) is 5.91 Å². The number of carboxylic acids is 1. The average molecular weight is 476 g/mol. The lowest BCUT2D eigenvalue weighted by atomic mass is 9.98. The topological polar surface area (TPSA) is 153 Å². The first-order chi connectivity index (χ1) is 15.2. The predicted octanol–water partition coefficient (Wildman–Crippen LogP) is 2.56. The normalized spacial score (nSPS) is 12.4. The van der Waals surface area contributed by atoms with Crippen molar-refractivity contribution < 1.29 is 43.3 Å². The SMILES string of the molecule is CCC(=O)N[C@H](C)C(=O)C[C@@H](C)C(=O)OC.CCC(=O)O.COC(=O)[C@H](C)CC(=O)C(C)C. The highest BCUT2D eigenvalue weighted by Gasteiger charge is 2.22. The van der Waals surface area contributed by atoms with Gasteiger partial charge in [0.05, 0.1) is 32.1 Å². The van der Waals surface area contributed by atoms with E-state index in [1.807, 2.05) is 13.8 Å². The number of rotatable bonds is 11. The number of amides is 1. The van der Waals surface area contributed by atoms with Gasteiger partial charge in [-0.1, -0.05) is 41.5 Å². The molecule has 0 aromatic carbocycles. The number of hydrogen-bond acceptors (Lipinski definition) is 8. The second-order valence-corrected chi connectivity index (χ2v) is 7.73. The molecule has 0 fully saturated rings. The van der Waals surface area contributed by atoms with Gasteiger partial charge >= 0.3 is 17.9 Å². The molecule has 192 valence electrons. The highest BCUT2D eigenvalue weighted by molar-refractivity contribution is 5.91. The van der Waals surface area contributed by atoms with Gasteiger partial charge in [-0.2, -0.15) is 0 Å². The van der Waals surface area contributed by atoms with Gasteiger partial charge in [-0.05, 0) is 6.92 Å². The maximum atomic E-state index is 11.6. The number of esters is 2. The van der Waals surface area contributed by atoms with E-state index >= 15 is 0 Å². The van der Waals surface area contributed by atoms with Gasteiger partial charge in [-0.25, -0.2) is 0 Å². The number of carbonyl (C=O) groups excluding carboxylic acids is 5. The summed E-state index contributed by atoms with van der Waals surface area (Å²) in [6.45, 7) is 11.9. The van der Waals surface area contributed by atoms with E-state index in [2.05, 4.69) is 14.8 Å². The number of methoxy groups -OCH3 is 2. The Hall–Kier alpha value is -2.78. The van der Waals surface area contributed by atoms with Crippen LogP contribution in [0.3, 0.4) is 0 Å². The fraction of sp³-hybridized carbons (Fsp3) is 0.739. The van der Waals surface area contributed by atoms with E-state index in [1.165, 1.54) is 14.2 Å². The third-order valence-corrected chi connectivity index (χ3v) is 4.35. The van der Waals surface area contributed by atoms with Crippen LogP contribution in [0, 0.1) is 17.8 Å². The van der Waals surface area contributed by atoms with Gasteiger partial charge in [0.25, 0.3) is 0 Å². The number of aliphatic carboxylic acids is 1. The van der Waals surface area contributed by atoms with Crippen LogP contribution in [0.15, 0.2) is 0 Å². The molecule has 0 aliphatic heterocycles. The summed E-state index contributed by atoms with van der Waals surface area (Å²) in [5, 5.41) is 10.3. The summed E-state index contributed by atoms with van der Waals surface area (Å²) in [6.07, 6.45) is 0.923. The van der Waals surface area contributed by atoms with Gasteiger partial charge in [0.15, 0.2) is 5.78 Å². The summed E-state index contributed by atoms with van der Waals surface area (Å²) in [7, 11) is 2.62. The van der Waals surface area contributed by atoms with Gasteiger partial charge in [-0.3, -0.25) is 28.8 Å². The minimum absolute atomic E-state index is 0.00268. The fourth-order valence-electron chi connectivity index (χ4n) is 2.01. The first-order valence-electron chi connectivity index (χ1n) is 10.9. The van der Waals surface area contributed by atoms with Crippen molar-refractivity contribution in [2.24, 2.45) is 17.8 Å². The average Bonchev–Trinajstić information content (AvgIpc) is 2.77. The van der Waals surface area contributed by atoms with E-state index in [9.17, 15) is 28.8 Å². The molecule has 33 heavy (non-hydrogen) atoms. The summed E-state index contributed by atoms with van der Waals surface area (Å²) in [4.78, 5) is 65.2. The van der Waals surface area contributed by atoms with Crippen molar-refractivity contribution in [3.63, 3.8) is 0 Å². The minimum Gasteiger partial charge on any atom is -0.481 e. The number of carboxylic acid groups (broad SMARTS) is 1. The molecular formula is C23H41NO9. The summed E-state index contributed by atoms with van der Waals surface area (Å²) >= 11 is 0. The van der Waals surface area contributed by atoms with Crippen molar-refractivity contribution in [2.45, 2.75) is 80.2 Å². The zero-order valence-corrected chi connectivity index (χ0v) is 21.4. The third kappa shape index (κ3) is 19.6. The summed E-state index contributed by atoms with van der Waals surface area (Å²) < 4.78 is 9.02. The molecule has 10 heteroatoms. The molecule has 0 heterocycles. The molecule has 0 rings (SSSR count). The van der Waals surface area contributed by atoms with Crippen molar-refractivity contribution in [3.8, 4) is 0 Å². The molecule has 0 saturated carbocycles. The number of ether oxygens (including phenoxy) is 2. The monoisotopic (exact) mass is 475 g/mol. The van der Waals surface area contributed by atoms with Crippen molar-refractivity contribution in [1.82, 2.24) is 5.32 Å². The standard InChI is InChI=1S/C11H19NO4.C9H16O3.C3H6O2/c1-5-10(14)12-8(3)9(13)6-7(2)11(15)16-4;1-6(2)8(10)5-7(3)9(11)12-4;1-2-3(4)5/h7-8H,5-6H2,1-4H3,(H,12,14);6-7H,5H2,1-4H3;2H2,1H3,(H,4,5)/t7-,8-;7-;/m11./s1. The highest BCUT2D eigenvalue weighted by atomic mass is 16.5. The van der Waals surface area contributed by atoms with E-state index in [-0.39, 0.29) is 54.5 Å². The van der Waals surface area contributed by atoms with E-state index in [0.717, 1.165) is 0 Å². The molecular weight excluding hydrogens is 434 g/mol. The molecule has 1 amide bonds. The number of Topliss-reactive ketones (excluding diaryl/α,β-unsaturated/α-hetero) is 2. The number of nitrogens with one attached hydrogen (secondary N) is 1. The zero-order valence-electron chi connectivity index (χ0n) is 21.4. The first kappa shape index (κ1) is 34.8. The Morgan fingerprint density at radius 3 is 1.36 bits per heavy atom. The minimum atomic E-state index is -0.745. The lowest BCUT2D eigenvalue weighted by Crippen LogP contribution is -2.39. The van der Waals surface area contributed by atoms with E-state index in [4.69, 9.17) is 5.11 Å². The van der Waals surface area contributed by atoms with Crippen LogP contribution in [0.4, 0.5) is 0 Å². The van der Waals surface area contributed by atoms with E-state index in [0.29, 0.717) is 6.42 Å². The second-order valence-electron chi connectivity index (χ2n) is 7.73. The van der Waals surface area contributed by atoms with Gasteiger partial charge in [-0.15, -0.1) is 0 Å². The molecule has 3 atom stereocenters. The van der Waals surface area contributed by atoms with Crippen LogP contribution in [0.1, 0.15) is 74.1 Å². The summed E-state index contributed by atoms with van der Waals surface area (Å²) in [5.41, 5.74) is 0. The predicted molar refractivity (Wildman–Crippen MR) is 122 cm³/mol. The lowest BCUT2D eigenvalue weighted by molar-refractivity contribution is -0.147. The summed E-state index contributed by atoms with van der Waals surface area (Å²) in [5.74, 6) is -2.50. The van der Waals surface area contributed by atoms with Crippen LogP contribution >= 0.6 is 0 Å². The van der Waals surface area contributed by atoms with Crippen LogP contribution in [0.2, 0.25) is 0 Å². The molecule has 0 unspecified atom stereocenters. The second kappa shape index (κ2) is 19.9. The Morgan fingerprint density at radius 1 is 0.727 bits per heavy atom. The highest BCUT2D eigenvalue weighted by Crippen LogP contribution is 2.09. The largest absolute Gasteiger partial charge is 0.481 e. The number of carbonyl (C=O) groups is 6. The van der Waals surface area contributed by atoms with Crippen LogP contribution in [-0.4, -0.2) is 60.7 Å². The molecule has 0 radical (unpaired) electrons. The summed E-state index contributed by atoms with van der Waals surface area (Å²) in [6, 6.07) is -0.556. The maximum absolute atomic E-state index is 11.6. The molecule has 0 aromatic rings. The number of hydrogen-bond donors (Lipinski definition) is 2. The fourth-order valence-corrected chi connectivity index (χ4v) is 2.01. The van der Waals surface area contributed by atoms with Crippen LogP contribution in [0.25, 0.3) is 0 Å². The quantitative estimate of drug-likeness (QED) is 0.429. The molecule has 0 spiro atoms. The molecule has 0 saturated heterocycles. The molecule has 2 N–H and O–H groups in total. The molecule has 10 nitrogen and oxygen atoms in total. The van der Waals surface area contributed by atoms with E-state index in [1.54, 1.807) is 34.6 Å². The third-order valence-electron chi connectivity index (χ3n) is 4.35. The lowest BCUT2D eigenvalue weighted by Gasteiger charge is -2.14. The molecule has 0 aromatic heterocycles. The first-order valence-corrected chi connectivity index (χ1v) is 10.9. The maximum Gasteiger partial charge on any atom is 0.308 e. The van der Waals surface area contributed by atoms with Gasteiger partial charge in [0, 0.05) is 31.6 Å². The smallest absolute Gasteiger partial charge is 0.308 e. The van der Waals surface area contributed by atoms with Crippen LogP contribution < -0.4 is 5.32 Å². The van der Waals surface area contributed by atoms with E-state index < -0.39 is 23.9 Å². The van der Waals surface area contributed by atoms with Crippen molar-refractivity contribution in [2.75, 3.05) is 14.2 Å². The Morgan fingerprint density at radius 2 is 1.09 bits per heavy atom. The Kier molecular flexibility index (Phi) is 21.0. The van der Waals surface area contributed by atoms with Crippen molar-refractivity contribution in [1.29, 1.82) is 0 Å². The Labute approximate surface area is 196 Å².